The van der Waals surface area contributed by atoms with Crippen molar-refractivity contribution in [3.8, 4) is 5.75 Å². The third-order valence-electron chi connectivity index (χ3n) is 5.63. The molecule has 6 nitrogen and oxygen atoms in total. The lowest BCUT2D eigenvalue weighted by Crippen LogP contribution is -2.54. The van der Waals surface area contributed by atoms with Crippen LogP contribution >= 0.6 is 0 Å². The first kappa shape index (κ1) is 15.9. The summed E-state index contributed by atoms with van der Waals surface area (Å²) < 4.78 is 11.5. The molecule has 0 radical (unpaired) electrons. The molecule has 3 heterocycles. The Morgan fingerprint density at radius 2 is 2.17 bits per heavy atom. The van der Waals surface area contributed by atoms with Crippen molar-refractivity contribution in [2.45, 2.75) is 55.8 Å². The Kier molecular flexibility index (Phi) is 4.24. The van der Waals surface area contributed by atoms with Crippen LogP contribution in [0.15, 0.2) is 24.3 Å². The van der Waals surface area contributed by atoms with Crippen LogP contribution in [0.1, 0.15) is 37.2 Å². The van der Waals surface area contributed by atoms with Gasteiger partial charge in [0.25, 0.3) is 0 Å². The van der Waals surface area contributed by atoms with E-state index in [9.17, 15) is 14.8 Å². The van der Waals surface area contributed by atoms with Crippen molar-refractivity contribution < 1.29 is 24.3 Å². The highest BCUT2D eigenvalue weighted by Gasteiger charge is 2.47. The summed E-state index contributed by atoms with van der Waals surface area (Å²) in [7, 11) is -1.58. The predicted molar refractivity (Wildman–Crippen MR) is 87.5 cm³/mol. The smallest absolute Gasteiger partial charge is 0.475 e. The maximum atomic E-state index is 11.8. The van der Waals surface area contributed by atoms with E-state index >= 15 is 0 Å². The lowest BCUT2D eigenvalue weighted by atomic mass is 9.71. The van der Waals surface area contributed by atoms with Gasteiger partial charge in [0.1, 0.15) is 5.75 Å². The van der Waals surface area contributed by atoms with Crippen LogP contribution in [0.2, 0.25) is 0 Å². The first-order valence-corrected chi connectivity index (χ1v) is 8.63. The molecular weight excluding hydrogens is 309 g/mol. The summed E-state index contributed by atoms with van der Waals surface area (Å²) in [6.07, 6.45) is 4.18. The van der Waals surface area contributed by atoms with E-state index < -0.39 is 13.1 Å². The second-order valence-electron chi connectivity index (χ2n) is 6.99. The van der Waals surface area contributed by atoms with Gasteiger partial charge in [-0.2, -0.15) is 0 Å². The van der Waals surface area contributed by atoms with Crippen LogP contribution in [-0.4, -0.2) is 59.3 Å². The number of amides is 1. The molecule has 3 aliphatic heterocycles. The second-order valence-corrected chi connectivity index (χ2v) is 6.99. The molecule has 0 unspecified atom stereocenters. The maximum Gasteiger partial charge on any atom is 0.475 e. The van der Waals surface area contributed by atoms with Gasteiger partial charge in [-0.25, -0.2) is 0 Å². The summed E-state index contributed by atoms with van der Waals surface area (Å²) in [6.45, 7) is 0.502. The molecule has 2 bridgehead atoms. The van der Waals surface area contributed by atoms with Gasteiger partial charge in [0, 0.05) is 11.5 Å². The molecular formula is C17H22BNO5. The fourth-order valence-electron chi connectivity index (χ4n) is 4.44. The Morgan fingerprint density at radius 3 is 2.83 bits per heavy atom. The van der Waals surface area contributed by atoms with Crippen molar-refractivity contribution >= 4 is 13.5 Å². The minimum atomic E-state index is -1.58. The summed E-state index contributed by atoms with van der Waals surface area (Å²) >= 11 is 0. The molecule has 0 spiro atoms. The Morgan fingerprint density at radius 1 is 1.33 bits per heavy atom. The van der Waals surface area contributed by atoms with E-state index in [2.05, 4.69) is 0 Å². The molecule has 1 aromatic rings. The summed E-state index contributed by atoms with van der Waals surface area (Å²) in [4.78, 5) is 13.3. The van der Waals surface area contributed by atoms with E-state index in [1.165, 1.54) is 0 Å². The third-order valence-corrected chi connectivity index (χ3v) is 5.63. The van der Waals surface area contributed by atoms with Crippen molar-refractivity contribution in [1.29, 1.82) is 0 Å². The highest BCUT2D eigenvalue weighted by Crippen LogP contribution is 2.40. The van der Waals surface area contributed by atoms with Crippen molar-refractivity contribution in [2.75, 3.05) is 6.61 Å². The number of fused-ring (bicyclic) bond motifs is 3. The molecule has 4 rings (SSSR count). The summed E-state index contributed by atoms with van der Waals surface area (Å²) in [5.74, 6) is 0.236. The summed E-state index contributed by atoms with van der Waals surface area (Å²) in [5.41, 5.74) is 1.07. The molecule has 1 aromatic carbocycles. The van der Waals surface area contributed by atoms with Gasteiger partial charge in [-0.3, -0.25) is 4.79 Å². The molecule has 2 fully saturated rings. The molecule has 0 aromatic heterocycles. The molecule has 0 saturated carbocycles. The Balaban J connectivity index is 1.53. The average molecular weight is 331 g/mol. The quantitative estimate of drug-likeness (QED) is 0.593. The second kappa shape index (κ2) is 6.39. The van der Waals surface area contributed by atoms with Gasteiger partial charge in [-0.15, -0.1) is 0 Å². The molecule has 7 heteroatoms. The normalized spacial score (nSPS) is 31.4. The maximum absolute atomic E-state index is 11.8. The molecule has 24 heavy (non-hydrogen) atoms. The van der Waals surface area contributed by atoms with Crippen LogP contribution in [0.4, 0.5) is 0 Å². The molecule has 3 aliphatic rings. The highest BCUT2D eigenvalue weighted by molar-refractivity contribution is 6.43. The van der Waals surface area contributed by atoms with E-state index in [0.717, 1.165) is 37.0 Å². The lowest BCUT2D eigenvalue weighted by molar-refractivity contribution is -0.123. The molecule has 2 N–H and O–H groups in total. The largest absolute Gasteiger partial charge is 0.493 e. The van der Waals surface area contributed by atoms with Gasteiger partial charge in [0.2, 0.25) is 6.41 Å². The number of benzene rings is 1. The summed E-state index contributed by atoms with van der Waals surface area (Å²) in [5, 5.41) is 19.9. The first-order valence-electron chi connectivity index (χ1n) is 8.63. The van der Waals surface area contributed by atoms with Gasteiger partial charge in [0.15, 0.2) is 0 Å². The fraction of sp³-hybridized carbons (Fsp3) is 0.588. The third kappa shape index (κ3) is 2.70. The van der Waals surface area contributed by atoms with E-state index in [1.54, 1.807) is 4.90 Å². The number of hydrogen-bond acceptors (Lipinski definition) is 5. The van der Waals surface area contributed by atoms with Crippen LogP contribution < -0.4 is 4.74 Å². The number of ether oxygens (including phenoxy) is 2. The number of carbonyl (C=O) groups excluding carboxylic acids is 1. The predicted octanol–water partition coefficient (Wildman–Crippen LogP) is 0.712. The van der Waals surface area contributed by atoms with Crippen LogP contribution in [-0.2, 0) is 9.53 Å². The number of para-hydroxylation sites is 1. The van der Waals surface area contributed by atoms with Gasteiger partial charge >= 0.3 is 7.12 Å². The number of rotatable bonds is 6. The average Bonchev–Trinajstić information content (AvgIpc) is 3.30. The minimum absolute atomic E-state index is 0.0218. The van der Waals surface area contributed by atoms with Crippen LogP contribution in [0.25, 0.3) is 0 Å². The number of nitrogens with zero attached hydrogens (tertiary/aromatic N) is 1. The van der Waals surface area contributed by atoms with E-state index in [4.69, 9.17) is 9.47 Å². The van der Waals surface area contributed by atoms with Crippen molar-refractivity contribution in [1.82, 2.24) is 4.90 Å². The molecule has 1 amide bonds. The zero-order valence-electron chi connectivity index (χ0n) is 13.5. The monoisotopic (exact) mass is 331 g/mol. The van der Waals surface area contributed by atoms with Gasteiger partial charge in [-0.05, 0) is 31.7 Å². The Bertz CT molecular complexity index is 612. The molecule has 2 saturated heterocycles. The van der Waals surface area contributed by atoms with E-state index in [0.29, 0.717) is 13.0 Å². The van der Waals surface area contributed by atoms with Crippen molar-refractivity contribution in [2.24, 2.45) is 0 Å². The topological polar surface area (TPSA) is 79.2 Å². The van der Waals surface area contributed by atoms with E-state index in [1.807, 2.05) is 24.3 Å². The molecule has 5 atom stereocenters. The minimum Gasteiger partial charge on any atom is -0.493 e. The van der Waals surface area contributed by atoms with Gasteiger partial charge < -0.3 is 24.4 Å². The van der Waals surface area contributed by atoms with Crippen LogP contribution in [0, 0.1) is 0 Å². The first-order chi connectivity index (χ1) is 11.7. The van der Waals surface area contributed by atoms with E-state index in [-0.39, 0.29) is 24.2 Å². The number of carbonyl (C=O) groups is 1. The standard InChI is InChI=1S/C17H22BNO5/c20-10-19(14-8-12-5-6-16(14)24-12)17(18(21)22)7-11-9-23-15-4-2-1-3-13(11)15/h1-4,10-12,14,16-17,21-22H,5-9H2/t11-,12-,14+,16+,17+/m1/s1. The van der Waals surface area contributed by atoms with Crippen LogP contribution in [0.5, 0.6) is 5.75 Å². The van der Waals surface area contributed by atoms with Crippen molar-refractivity contribution in [3.63, 3.8) is 0 Å². The Labute approximate surface area is 141 Å². The lowest BCUT2D eigenvalue weighted by Gasteiger charge is -2.36. The highest BCUT2D eigenvalue weighted by atomic mass is 16.5. The fourth-order valence-corrected chi connectivity index (χ4v) is 4.44. The zero-order chi connectivity index (χ0) is 16.7. The van der Waals surface area contributed by atoms with Crippen LogP contribution in [0.3, 0.4) is 0 Å². The molecule has 0 aliphatic carbocycles. The SMILES string of the molecule is O=CN([C@@H](C[C@@H]1COc2ccccc21)B(O)O)[C@H]1C[C@H]2CC[C@@H]1O2. The summed E-state index contributed by atoms with van der Waals surface area (Å²) in [6, 6.07) is 7.72. The molecule has 128 valence electrons. The van der Waals surface area contributed by atoms with Crippen molar-refractivity contribution in [3.05, 3.63) is 29.8 Å². The zero-order valence-corrected chi connectivity index (χ0v) is 13.5. The van der Waals surface area contributed by atoms with Gasteiger partial charge in [0.05, 0.1) is 30.8 Å². The van der Waals surface area contributed by atoms with Gasteiger partial charge in [-0.1, -0.05) is 18.2 Å². The Hall–Kier alpha value is -1.57. The number of hydrogen-bond donors (Lipinski definition) is 2.